The van der Waals surface area contributed by atoms with Crippen molar-refractivity contribution < 1.29 is 9.59 Å². The van der Waals surface area contributed by atoms with Crippen LogP contribution in [0.1, 0.15) is 36.0 Å². The van der Waals surface area contributed by atoms with Crippen LogP contribution in [-0.2, 0) is 4.79 Å². The summed E-state index contributed by atoms with van der Waals surface area (Å²) in [4.78, 5) is 24.2. The summed E-state index contributed by atoms with van der Waals surface area (Å²) in [5.41, 5.74) is 0.611. The molecular weight excluding hydrogens is 294 g/mol. The highest BCUT2D eigenvalue weighted by Gasteiger charge is 2.16. The molecule has 0 aliphatic heterocycles. The zero-order chi connectivity index (χ0) is 14.4. The van der Waals surface area contributed by atoms with Crippen LogP contribution in [0.3, 0.4) is 0 Å². The summed E-state index contributed by atoms with van der Waals surface area (Å²) in [5, 5.41) is 3.06. The molecule has 0 heterocycles. The van der Waals surface area contributed by atoms with E-state index in [1.54, 1.807) is 12.1 Å². The SMILES string of the molecule is O=C(CSc1ccc(C(=O)CCl)cc1)NC1CCCC1. The topological polar surface area (TPSA) is 46.2 Å². The Labute approximate surface area is 128 Å². The second-order valence-corrected chi connectivity index (χ2v) is 6.23. The van der Waals surface area contributed by atoms with E-state index in [1.165, 1.54) is 24.6 Å². The first-order valence-electron chi connectivity index (χ1n) is 6.80. The van der Waals surface area contributed by atoms with Gasteiger partial charge in [-0.1, -0.05) is 25.0 Å². The molecule has 0 radical (unpaired) electrons. The molecule has 1 saturated carbocycles. The van der Waals surface area contributed by atoms with Gasteiger partial charge in [0.1, 0.15) is 0 Å². The Morgan fingerprint density at radius 3 is 2.45 bits per heavy atom. The average molecular weight is 312 g/mol. The van der Waals surface area contributed by atoms with Gasteiger partial charge in [-0.2, -0.15) is 0 Å². The zero-order valence-electron chi connectivity index (χ0n) is 11.2. The van der Waals surface area contributed by atoms with E-state index in [1.807, 2.05) is 12.1 Å². The van der Waals surface area contributed by atoms with Crippen LogP contribution < -0.4 is 5.32 Å². The molecular formula is C15H18ClNO2S. The maximum Gasteiger partial charge on any atom is 0.230 e. The van der Waals surface area contributed by atoms with Crippen LogP contribution in [0.15, 0.2) is 29.2 Å². The van der Waals surface area contributed by atoms with Crippen molar-refractivity contribution in [2.75, 3.05) is 11.6 Å². The van der Waals surface area contributed by atoms with Gasteiger partial charge in [-0.05, 0) is 25.0 Å². The first-order valence-corrected chi connectivity index (χ1v) is 8.32. The van der Waals surface area contributed by atoms with Gasteiger partial charge in [-0.3, -0.25) is 9.59 Å². The Hall–Kier alpha value is -1.00. The number of thioether (sulfide) groups is 1. The lowest BCUT2D eigenvalue weighted by Crippen LogP contribution is -2.33. The number of hydrogen-bond acceptors (Lipinski definition) is 3. The molecule has 1 fully saturated rings. The highest BCUT2D eigenvalue weighted by molar-refractivity contribution is 8.00. The molecule has 1 aromatic rings. The maximum absolute atomic E-state index is 11.8. The molecule has 0 unspecified atom stereocenters. The monoisotopic (exact) mass is 311 g/mol. The molecule has 0 bridgehead atoms. The summed E-state index contributed by atoms with van der Waals surface area (Å²) in [7, 11) is 0. The number of alkyl halides is 1. The van der Waals surface area contributed by atoms with E-state index < -0.39 is 0 Å². The van der Waals surface area contributed by atoms with E-state index in [0.29, 0.717) is 17.4 Å². The van der Waals surface area contributed by atoms with Gasteiger partial charge in [0.2, 0.25) is 5.91 Å². The van der Waals surface area contributed by atoms with Crippen molar-refractivity contribution in [2.24, 2.45) is 0 Å². The molecule has 1 amide bonds. The third kappa shape index (κ3) is 4.53. The number of benzene rings is 1. The molecule has 1 aliphatic rings. The zero-order valence-corrected chi connectivity index (χ0v) is 12.8. The van der Waals surface area contributed by atoms with E-state index in [4.69, 9.17) is 11.6 Å². The van der Waals surface area contributed by atoms with E-state index in [2.05, 4.69) is 5.32 Å². The van der Waals surface area contributed by atoms with Gasteiger partial charge in [0.25, 0.3) is 0 Å². The van der Waals surface area contributed by atoms with Crippen molar-refractivity contribution in [3.8, 4) is 0 Å². The van der Waals surface area contributed by atoms with Crippen LogP contribution >= 0.6 is 23.4 Å². The van der Waals surface area contributed by atoms with E-state index >= 15 is 0 Å². The Bertz CT molecular complexity index is 469. The van der Waals surface area contributed by atoms with Crippen LogP contribution in [0.4, 0.5) is 0 Å². The van der Waals surface area contributed by atoms with Crippen molar-refractivity contribution in [3.05, 3.63) is 29.8 Å². The first kappa shape index (κ1) is 15.4. The fourth-order valence-electron chi connectivity index (χ4n) is 2.30. The second kappa shape index (κ2) is 7.70. The summed E-state index contributed by atoms with van der Waals surface area (Å²) < 4.78 is 0. The largest absolute Gasteiger partial charge is 0.353 e. The van der Waals surface area contributed by atoms with E-state index in [-0.39, 0.29) is 17.6 Å². The number of carbonyl (C=O) groups is 2. The van der Waals surface area contributed by atoms with Gasteiger partial charge < -0.3 is 5.32 Å². The van der Waals surface area contributed by atoms with Gasteiger partial charge in [0, 0.05) is 16.5 Å². The van der Waals surface area contributed by atoms with Crippen molar-refractivity contribution >= 4 is 35.1 Å². The molecule has 108 valence electrons. The number of nitrogens with one attached hydrogen (secondary N) is 1. The number of carbonyl (C=O) groups excluding carboxylic acids is 2. The molecule has 0 aromatic heterocycles. The maximum atomic E-state index is 11.8. The number of rotatable bonds is 6. The summed E-state index contributed by atoms with van der Waals surface area (Å²) in [6.45, 7) is 0. The molecule has 1 aromatic carbocycles. The van der Waals surface area contributed by atoms with Gasteiger partial charge in [0.05, 0.1) is 11.6 Å². The minimum absolute atomic E-state index is 0.00369. The molecule has 0 atom stereocenters. The number of halogens is 1. The predicted molar refractivity (Wildman–Crippen MR) is 82.6 cm³/mol. The highest BCUT2D eigenvalue weighted by Crippen LogP contribution is 2.20. The molecule has 0 spiro atoms. The Kier molecular flexibility index (Phi) is 5.92. The van der Waals surface area contributed by atoms with Gasteiger partial charge in [0.15, 0.2) is 5.78 Å². The van der Waals surface area contributed by atoms with E-state index in [9.17, 15) is 9.59 Å². The summed E-state index contributed by atoms with van der Waals surface area (Å²) in [5.74, 6) is 0.417. The van der Waals surface area contributed by atoms with Crippen LogP contribution in [0.25, 0.3) is 0 Å². The number of Topliss-reactive ketones (excluding diaryl/α,β-unsaturated/α-hetero) is 1. The van der Waals surface area contributed by atoms with Crippen molar-refractivity contribution in [1.82, 2.24) is 5.32 Å². The molecule has 0 saturated heterocycles. The van der Waals surface area contributed by atoms with Gasteiger partial charge >= 0.3 is 0 Å². The van der Waals surface area contributed by atoms with Gasteiger partial charge in [-0.25, -0.2) is 0 Å². The number of hydrogen-bond donors (Lipinski definition) is 1. The molecule has 5 heteroatoms. The molecule has 1 N–H and O–H groups in total. The lowest BCUT2D eigenvalue weighted by molar-refractivity contribution is -0.119. The lowest BCUT2D eigenvalue weighted by Gasteiger charge is -2.11. The Morgan fingerprint density at radius 1 is 1.20 bits per heavy atom. The van der Waals surface area contributed by atoms with Crippen molar-refractivity contribution in [2.45, 2.75) is 36.6 Å². The number of ketones is 1. The summed E-state index contributed by atoms with van der Waals surface area (Å²) in [6, 6.07) is 7.58. The second-order valence-electron chi connectivity index (χ2n) is 4.92. The molecule has 3 nitrogen and oxygen atoms in total. The first-order chi connectivity index (χ1) is 9.69. The fourth-order valence-corrected chi connectivity index (χ4v) is 3.17. The Morgan fingerprint density at radius 2 is 1.85 bits per heavy atom. The highest BCUT2D eigenvalue weighted by atomic mass is 35.5. The van der Waals surface area contributed by atoms with Crippen LogP contribution in [0.2, 0.25) is 0 Å². The quantitative estimate of drug-likeness (QED) is 0.498. The third-order valence-electron chi connectivity index (χ3n) is 3.39. The van der Waals surface area contributed by atoms with Gasteiger partial charge in [-0.15, -0.1) is 23.4 Å². The minimum Gasteiger partial charge on any atom is -0.353 e. The number of amides is 1. The van der Waals surface area contributed by atoms with Crippen molar-refractivity contribution in [3.63, 3.8) is 0 Å². The smallest absolute Gasteiger partial charge is 0.230 e. The fraction of sp³-hybridized carbons (Fsp3) is 0.467. The van der Waals surface area contributed by atoms with Crippen LogP contribution in [0, 0.1) is 0 Å². The van der Waals surface area contributed by atoms with Crippen molar-refractivity contribution in [1.29, 1.82) is 0 Å². The lowest BCUT2D eigenvalue weighted by atomic mass is 10.1. The molecule has 1 aliphatic carbocycles. The normalized spacial score (nSPS) is 15.2. The summed E-state index contributed by atoms with van der Waals surface area (Å²) >= 11 is 6.99. The van der Waals surface area contributed by atoms with Crippen LogP contribution in [-0.4, -0.2) is 29.4 Å². The summed E-state index contributed by atoms with van der Waals surface area (Å²) in [6.07, 6.45) is 4.64. The third-order valence-corrected chi connectivity index (χ3v) is 4.64. The minimum atomic E-state index is -0.0813. The van der Waals surface area contributed by atoms with Crippen LogP contribution in [0.5, 0.6) is 0 Å². The average Bonchev–Trinajstić information content (AvgIpc) is 2.97. The Balaban J connectivity index is 1.78. The van der Waals surface area contributed by atoms with E-state index in [0.717, 1.165) is 17.7 Å². The standard InChI is InChI=1S/C15H18ClNO2S/c16-9-14(18)11-5-7-13(8-6-11)20-10-15(19)17-12-3-1-2-4-12/h5-8,12H,1-4,9-10H2,(H,17,19). The molecule has 20 heavy (non-hydrogen) atoms. The predicted octanol–water partition coefficient (Wildman–Crippen LogP) is 3.26. The molecule has 2 rings (SSSR count).